The molecule has 0 saturated carbocycles. The smallest absolute Gasteiger partial charge is 0.132 e. The van der Waals surface area contributed by atoms with Crippen LogP contribution < -0.4 is 4.74 Å². The highest BCUT2D eigenvalue weighted by Gasteiger charge is 2.19. The minimum atomic E-state index is 0.138. The lowest BCUT2D eigenvalue weighted by Gasteiger charge is -2.17. The number of benzene rings is 1. The highest BCUT2D eigenvalue weighted by molar-refractivity contribution is 7.99. The molecule has 0 spiro atoms. The standard InChI is InChI=1S/C15H16N2OS2/c1-15(2,3)20-17-7-10-4-5-11-13(6-10)18-8-12-14(11)19-9-16-12/h4-7,9H,8H2,1-3H3/b17-7+. The molecule has 1 aromatic carbocycles. The van der Waals surface area contributed by atoms with Gasteiger partial charge in [0.15, 0.2) is 0 Å². The summed E-state index contributed by atoms with van der Waals surface area (Å²) in [5.74, 6) is 0.923. The van der Waals surface area contributed by atoms with Gasteiger partial charge in [0.05, 0.1) is 16.1 Å². The second-order valence-electron chi connectivity index (χ2n) is 5.61. The summed E-state index contributed by atoms with van der Waals surface area (Å²) >= 11 is 3.24. The zero-order valence-corrected chi connectivity index (χ0v) is 13.3. The van der Waals surface area contributed by atoms with E-state index in [4.69, 9.17) is 4.74 Å². The van der Waals surface area contributed by atoms with Crippen molar-refractivity contribution in [2.75, 3.05) is 0 Å². The number of hydrogen-bond donors (Lipinski definition) is 0. The van der Waals surface area contributed by atoms with Crippen LogP contribution in [0.4, 0.5) is 0 Å². The van der Waals surface area contributed by atoms with Gasteiger partial charge in [0, 0.05) is 16.5 Å². The Labute approximate surface area is 127 Å². The van der Waals surface area contributed by atoms with Crippen LogP contribution in [0.2, 0.25) is 0 Å². The summed E-state index contributed by atoms with van der Waals surface area (Å²) in [7, 11) is 0. The molecule has 1 aliphatic rings. The van der Waals surface area contributed by atoms with Gasteiger partial charge in [0.25, 0.3) is 0 Å². The predicted molar refractivity (Wildman–Crippen MR) is 86.8 cm³/mol. The Balaban J connectivity index is 1.85. The van der Waals surface area contributed by atoms with Crippen molar-refractivity contribution in [2.45, 2.75) is 32.1 Å². The van der Waals surface area contributed by atoms with Gasteiger partial charge in [-0.1, -0.05) is 6.07 Å². The molecule has 3 rings (SSSR count). The van der Waals surface area contributed by atoms with Crippen LogP contribution >= 0.6 is 23.3 Å². The van der Waals surface area contributed by atoms with Crippen LogP contribution in [0.5, 0.6) is 5.75 Å². The van der Waals surface area contributed by atoms with Crippen LogP contribution in [0.15, 0.2) is 28.1 Å². The van der Waals surface area contributed by atoms with Crippen molar-refractivity contribution in [1.82, 2.24) is 4.98 Å². The molecule has 104 valence electrons. The summed E-state index contributed by atoms with van der Waals surface area (Å²) < 4.78 is 10.3. The third-order valence-electron chi connectivity index (χ3n) is 2.78. The van der Waals surface area contributed by atoms with Gasteiger partial charge in [0.2, 0.25) is 0 Å². The van der Waals surface area contributed by atoms with E-state index in [1.807, 2.05) is 17.8 Å². The van der Waals surface area contributed by atoms with Crippen LogP contribution in [-0.2, 0) is 6.61 Å². The van der Waals surface area contributed by atoms with E-state index in [2.05, 4.69) is 42.3 Å². The quantitative estimate of drug-likeness (QED) is 0.602. The SMILES string of the molecule is CC(C)(C)S/N=C/c1ccc2c(c1)OCc1ncsc1-2. The normalized spacial score (nSPS) is 13.9. The van der Waals surface area contributed by atoms with E-state index in [0.29, 0.717) is 6.61 Å². The molecule has 0 saturated heterocycles. The van der Waals surface area contributed by atoms with E-state index in [-0.39, 0.29) is 4.75 Å². The van der Waals surface area contributed by atoms with Gasteiger partial charge in [-0.05, 0) is 50.4 Å². The van der Waals surface area contributed by atoms with Crippen LogP contribution in [-0.4, -0.2) is 15.9 Å². The second-order valence-corrected chi connectivity index (χ2v) is 8.08. The van der Waals surface area contributed by atoms with Gasteiger partial charge in [-0.2, -0.15) is 0 Å². The third kappa shape index (κ3) is 2.88. The summed E-state index contributed by atoms with van der Waals surface area (Å²) in [6.45, 7) is 7.01. The van der Waals surface area contributed by atoms with Crippen molar-refractivity contribution < 1.29 is 4.74 Å². The zero-order chi connectivity index (χ0) is 14.2. The van der Waals surface area contributed by atoms with E-state index >= 15 is 0 Å². The van der Waals surface area contributed by atoms with Crippen molar-refractivity contribution in [3.63, 3.8) is 0 Å². The molecule has 20 heavy (non-hydrogen) atoms. The molecule has 0 amide bonds. The first-order valence-corrected chi connectivity index (χ1v) is 8.09. The molecule has 2 heterocycles. The molecular formula is C15H16N2OS2. The van der Waals surface area contributed by atoms with Crippen molar-refractivity contribution >= 4 is 29.5 Å². The highest BCUT2D eigenvalue weighted by Crippen LogP contribution is 2.39. The highest BCUT2D eigenvalue weighted by atomic mass is 32.2. The van der Waals surface area contributed by atoms with E-state index in [1.54, 1.807) is 23.3 Å². The molecule has 3 nitrogen and oxygen atoms in total. The molecule has 5 heteroatoms. The lowest BCUT2D eigenvalue weighted by atomic mass is 10.1. The van der Waals surface area contributed by atoms with Gasteiger partial charge in [-0.15, -0.1) is 11.3 Å². The minimum absolute atomic E-state index is 0.138. The summed E-state index contributed by atoms with van der Waals surface area (Å²) in [5.41, 5.74) is 5.11. The fourth-order valence-electron chi connectivity index (χ4n) is 1.91. The lowest BCUT2D eigenvalue weighted by Crippen LogP contribution is -2.05. The molecule has 0 aliphatic carbocycles. The second kappa shape index (κ2) is 5.22. The zero-order valence-electron chi connectivity index (χ0n) is 11.7. The number of ether oxygens (including phenoxy) is 1. The van der Waals surface area contributed by atoms with Gasteiger partial charge in [-0.25, -0.2) is 9.38 Å². The molecule has 0 bridgehead atoms. The summed E-state index contributed by atoms with van der Waals surface area (Å²) in [6.07, 6.45) is 1.89. The molecule has 0 radical (unpaired) electrons. The Morgan fingerprint density at radius 3 is 3.05 bits per heavy atom. The lowest BCUT2D eigenvalue weighted by molar-refractivity contribution is 0.298. The van der Waals surface area contributed by atoms with Crippen molar-refractivity contribution in [2.24, 2.45) is 4.40 Å². The van der Waals surface area contributed by atoms with Crippen molar-refractivity contribution in [3.05, 3.63) is 35.0 Å². The average Bonchev–Trinajstić information content (AvgIpc) is 2.85. The summed E-state index contributed by atoms with van der Waals surface area (Å²) in [6, 6.07) is 6.21. The largest absolute Gasteiger partial charge is 0.487 e. The number of thiazole rings is 1. The molecule has 0 fully saturated rings. The molecular weight excluding hydrogens is 288 g/mol. The first-order valence-electron chi connectivity index (χ1n) is 6.44. The Hall–Kier alpha value is -1.33. The number of nitrogens with zero attached hydrogens (tertiary/aromatic N) is 2. The third-order valence-corrected chi connectivity index (χ3v) is 4.44. The summed E-state index contributed by atoms with van der Waals surface area (Å²) in [4.78, 5) is 5.54. The monoisotopic (exact) mass is 304 g/mol. The minimum Gasteiger partial charge on any atom is -0.487 e. The topological polar surface area (TPSA) is 34.5 Å². The number of hydrogen-bond acceptors (Lipinski definition) is 5. The number of aromatic nitrogens is 1. The van der Waals surface area contributed by atoms with Gasteiger partial charge >= 0.3 is 0 Å². The Morgan fingerprint density at radius 1 is 1.40 bits per heavy atom. The molecule has 0 atom stereocenters. The van der Waals surface area contributed by atoms with Crippen LogP contribution in [0.1, 0.15) is 32.0 Å². The maximum atomic E-state index is 5.77. The Kier molecular flexibility index (Phi) is 3.56. The molecule has 1 aromatic heterocycles. The van der Waals surface area contributed by atoms with E-state index in [0.717, 1.165) is 22.6 Å². The van der Waals surface area contributed by atoms with Crippen LogP contribution in [0.25, 0.3) is 10.4 Å². The number of fused-ring (bicyclic) bond motifs is 3. The summed E-state index contributed by atoms with van der Waals surface area (Å²) in [5, 5.41) is 0. The van der Waals surface area contributed by atoms with Crippen LogP contribution in [0.3, 0.4) is 0 Å². The molecule has 0 N–H and O–H groups in total. The van der Waals surface area contributed by atoms with E-state index < -0.39 is 0 Å². The fourth-order valence-corrected chi connectivity index (χ4v) is 3.23. The van der Waals surface area contributed by atoms with Gasteiger partial charge in [0.1, 0.15) is 12.4 Å². The van der Waals surface area contributed by atoms with E-state index in [9.17, 15) is 0 Å². The van der Waals surface area contributed by atoms with Gasteiger partial charge < -0.3 is 4.74 Å². The first-order chi connectivity index (χ1) is 9.53. The number of rotatable bonds is 2. The van der Waals surface area contributed by atoms with Crippen molar-refractivity contribution in [3.8, 4) is 16.2 Å². The Morgan fingerprint density at radius 2 is 2.25 bits per heavy atom. The average molecular weight is 304 g/mol. The fraction of sp³-hybridized carbons (Fsp3) is 0.333. The molecule has 2 aromatic rings. The predicted octanol–water partition coefficient (Wildman–Crippen LogP) is 4.57. The molecule has 0 unspecified atom stereocenters. The van der Waals surface area contributed by atoms with Crippen LogP contribution in [0, 0.1) is 0 Å². The van der Waals surface area contributed by atoms with Crippen molar-refractivity contribution in [1.29, 1.82) is 0 Å². The molecule has 1 aliphatic heterocycles. The maximum Gasteiger partial charge on any atom is 0.132 e. The van der Waals surface area contributed by atoms with Gasteiger partial charge in [-0.3, -0.25) is 0 Å². The first kappa shape index (κ1) is 13.6. The van der Waals surface area contributed by atoms with E-state index in [1.165, 1.54) is 4.88 Å². The Bertz CT molecular complexity index is 656. The maximum absolute atomic E-state index is 5.77.